The highest BCUT2D eigenvalue weighted by atomic mass is 16.5. The molecular weight excluding hydrogens is 178 g/mol. The van der Waals surface area contributed by atoms with Gasteiger partial charge in [0.15, 0.2) is 0 Å². The van der Waals surface area contributed by atoms with Crippen LogP contribution in [0, 0.1) is 0 Å². The van der Waals surface area contributed by atoms with Crippen molar-refractivity contribution >= 4 is 0 Å². The smallest absolute Gasteiger partial charge is 0.0589 e. The van der Waals surface area contributed by atoms with E-state index in [4.69, 9.17) is 10.5 Å². The number of ether oxygens (including phenoxy) is 1. The van der Waals surface area contributed by atoms with Gasteiger partial charge in [-0.25, -0.2) is 0 Å². The second-order valence-electron chi connectivity index (χ2n) is 4.17. The normalized spacial score (nSPS) is 30.9. The topological polar surface area (TPSA) is 41.7 Å². The number of piperazine rings is 1. The maximum absolute atomic E-state index is 5.73. The maximum atomic E-state index is 5.73. The van der Waals surface area contributed by atoms with Gasteiger partial charge in [0, 0.05) is 45.4 Å². The molecule has 0 aliphatic carbocycles. The van der Waals surface area contributed by atoms with E-state index in [1.54, 1.807) is 7.11 Å². The van der Waals surface area contributed by atoms with Crippen molar-refractivity contribution in [2.75, 3.05) is 46.9 Å². The van der Waals surface area contributed by atoms with Crippen LogP contribution in [0.25, 0.3) is 0 Å². The van der Waals surface area contributed by atoms with Crippen LogP contribution in [0.4, 0.5) is 0 Å². The summed E-state index contributed by atoms with van der Waals surface area (Å²) in [6.07, 6.45) is 0. The second-order valence-corrected chi connectivity index (χ2v) is 4.17. The van der Waals surface area contributed by atoms with Gasteiger partial charge in [-0.3, -0.25) is 9.80 Å². The van der Waals surface area contributed by atoms with Crippen LogP contribution in [0.15, 0.2) is 0 Å². The standard InChI is InChI=1S/C10H23N3O/c1-9-7-12(2)10(6-11)8-13(9)4-5-14-3/h9-10H,4-8,11H2,1-3H3. The first kappa shape index (κ1) is 11.9. The Morgan fingerprint density at radius 2 is 2.14 bits per heavy atom. The summed E-state index contributed by atoms with van der Waals surface area (Å²) in [7, 11) is 3.91. The van der Waals surface area contributed by atoms with Crippen LogP contribution >= 0.6 is 0 Å². The first-order chi connectivity index (χ1) is 6.69. The molecule has 2 atom stereocenters. The molecule has 2 unspecified atom stereocenters. The second kappa shape index (κ2) is 5.66. The fraction of sp³-hybridized carbons (Fsp3) is 1.00. The van der Waals surface area contributed by atoms with Crippen molar-refractivity contribution in [1.29, 1.82) is 0 Å². The Morgan fingerprint density at radius 1 is 1.43 bits per heavy atom. The first-order valence-corrected chi connectivity index (χ1v) is 5.32. The van der Waals surface area contributed by atoms with Gasteiger partial charge >= 0.3 is 0 Å². The molecule has 1 fully saturated rings. The Kier molecular flexibility index (Phi) is 4.81. The Bertz CT molecular complexity index is 165. The van der Waals surface area contributed by atoms with Crippen LogP contribution in [-0.4, -0.2) is 68.8 Å². The van der Waals surface area contributed by atoms with Gasteiger partial charge < -0.3 is 10.5 Å². The zero-order valence-electron chi connectivity index (χ0n) is 9.57. The molecule has 2 N–H and O–H groups in total. The molecule has 84 valence electrons. The molecule has 0 radical (unpaired) electrons. The summed E-state index contributed by atoms with van der Waals surface area (Å²) in [5.41, 5.74) is 5.73. The minimum atomic E-state index is 0.503. The number of nitrogens with zero attached hydrogens (tertiary/aromatic N) is 2. The Hall–Kier alpha value is -0.160. The van der Waals surface area contributed by atoms with Crippen LogP contribution in [0.3, 0.4) is 0 Å². The minimum Gasteiger partial charge on any atom is -0.383 e. The molecule has 0 bridgehead atoms. The van der Waals surface area contributed by atoms with Gasteiger partial charge in [-0.05, 0) is 14.0 Å². The van der Waals surface area contributed by atoms with E-state index in [9.17, 15) is 0 Å². The predicted octanol–water partition coefficient (Wildman–Crippen LogP) is -0.404. The average Bonchev–Trinajstić information content (AvgIpc) is 2.17. The molecule has 14 heavy (non-hydrogen) atoms. The summed E-state index contributed by atoms with van der Waals surface area (Å²) in [5, 5.41) is 0. The van der Waals surface area contributed by atoms with E-state index in [0.717, 1.165) is 32.8 Å². The lowest BCUT2D eigenvalue weighted by Gasteiger charge is -2.43. The van der Waals surface area contributed by atoms with Crippen LogP contribution in [-0.2, 0) is 4.74 Å². The highest BCUT2D eigenvalue weighted by Crippen LogP contribution is 2.12. The highest BCUT2D eigenvalue weighted by Gasteiger charge is 2.27. The van der Waals surface area contributed by atoms with Crippen molar-refractivity contribution in [3.05, 3.63) is 0 Å². The monoisotopic (exact) mass is 201 g/mol. The molecule has 0 spiro atoms. The molecular formula is C10H23N3O. The van der Waals surface area contributed by atoms with E-state index in [1.807, 2.05) is 0 Å². The number of hydrogen-bond donors (Lipinski definition) is 1. The Balaban J connectivity index is 2.42. The van der Waals surface area contributed by atoms with Crippen LogP contribution in [0.1, 0.15) is 6.92 Å². The fourth-order valence-electron chi connectivity index (χ4n) is 2.05. The van der Waals surface area contributed by atoms with Crippen molar-refractivity contribution in [3.8, 4) is 0 Å². The zero-order chi connectivity index (χ0) is 10.6. The molecule has 0 saturated carbocycles. The zero-order valence-corrected chi connectivity index (χ0v) is 9.57. The lowest BCUT2D eigenvalue weighted by Crippen LogP contribution is -2.58. The number of rotatable bonds is 4. The number of hydrogen-bond acceptors (Lipinski definition) is 4. The molecule has 4 nitrogen and oxygen atoms in total. The van der Waals surface area contributed by atoms with Gasteiger partial charge in [-0.1, -0.05) is 0 Å². The molecule has 1 rings (SSSR count). The van der Waals surface area contributed by atoms with Crippen LogP contribution in [0.5, 0.6) is 0 Å². The van der Waals surface area contributed by atoms with Gasteiger partial charge in [0.1, 0.15) is 0 Å². The van der Waals surface area contributed by atoms with Crippen molar-refractivity contribution in [2.45, 2.75) is 19.0 Å². The third-order valence-electron chi connectivity index (χ3n) is 3.10. The predicted molar refractivity (Wildman–Crippen MR) is 58.4 cm³/mol. The van der Waals surface area contributed by atoms with E-state index in [1.165, 1.54) is 0 Å². The van der Waals surface area contributed by atoms with Crippen molar-refractivity contribution < 1.29 is 4.74 Å². The Morgan fingerprint density at radius 3 is 2.71 bits per heavy atom. The van der Waals surface area contributed by atoms with Gasteiger partial charge in [0.2, 0.25) is 0 Å². The number of methoxy groups -OCH3 is 1. The Labute approximate surface area is 87.0 Å². The molecule has 1 aliphatic rings. The van der Waals surface area contributed by atoms with Gasteiger partial charge in [0.25, 0.3) is 0 Å². The largest absolute Gasteiger partial charge is 0.383 e. The fourth-order valence-corrected chi connectivity index (χ4v) is 2.05. The highest BCUT2D eigenvalue weighted by molar-refractivity contribution is 4.85. The molecule has 1 saturated heterocycles. The molecule has 0 amide bonds. The van der Waals surface area contributed by atoms with E-state index >= 15 is 0 Å². The van der Waals surface area contributed by atoms with Crippen molar-refractivity contribution in [3.63, 3.8) is 0 Å². The van der Waals surface area contributed by atoms with E-state index in [0.29, 0.717) is 12.1 Å². The van der Waals surface area contributed by atoms with Crippen molar-refractivity contribution in [2.24, 2.45) is 5.73 Å². The molecule has 4 heteroatoms. The molecule has 1 heterocycles. The van der Waals surface area contributed by atoms with E-state index < -0.39 is 0 Å². The quantitative estimate of drug-likeness (QED) is 0.672. The van der Waals surface area contributed by atoms with Gasteiger partial charge in [-0.2, -0.15) is 0 Å². The van der Waals surface area contributed by atoms with Crippen LogP contribution in [0.2, 0.25) is 0 Å². The molecule has 0 aromatic rings. The molecule has 0 aromatic heterocycles. The lowest BCUT2D eigenvalue weighted by molar-refractivity contribution is 0.0372. The summed E-state index contributed by atoms with van der Waals surface area (Å²) in [5.74, 6) is 0. The van der Waals surface area contributed by atoms with E-state index in [2.05, 4.69) is 23.8 Å². The first-order valence-electron chi connectivity index (χ1n) is 5.32. The van der Waals surface area contributed by atoms with Crippen molar-refractivity contribution in [1.82, 2.24) is 9.80 Å². The summed E-state index contributed by atoms with van der Waals surface area (Å²) in [4.78, 5) is 4.81. The maximum Gasteiger partial charge on any atom is 0.0589 e. The van der Waals surface area contributed by atoms with Gasteiger partial charge in [-0.15, -0.1) is 0 Å². The average molecular weight is 201 g/mol. The summed E-state index contributed by atoms with van der Waals surface area (Å²) < 4.78 is 5.10. The third-order valence-corrected chi connectivity index (χ3v) is 3.10. The summed E-state index contributed by atoms with van der Waals surface area (Å²) in [6, 6.07) is 1.11. The summed E-state index contributed by atoms with van der Waals surface area (Å²) >= 11 is 0. The number of nitrogens with two attached hydrogens (primary N) is 1. The molecule has 0 aromatic carbocycles. The summed E-state index contributed by atoms with van der Waals surface area (Å²) in [6.45, 7) is 7.00. The minimum absolute atomic E-state index is 0.503. The third kappa shape index (κ3) is 2.92. The van der Waals surface area contributed by atoms with Gasteiger partial charge in [0.05, 0.1) is 6.61 Å². The SMILES string of the molecule is COCCN1CC(CN)N(C)CC1C. The molecule has 1 aliphatic heterocycles. The lowest BCUT2D eigenvalue weighted by atomic mass is 10.1. The van der Waals surface area contributed by atoms with Crippen LogP contribution < -0.4 is 5.73 Å². The van der Waals surface area contributed by atoms with E-state index in [-0.39, 0.29) is 0 Å². The number of likely N-dealkylation sites (N-methyl/N-ethyl adjacent to an activating group) is 1.